The average molecular weight is 395 g/mol. The zero-order chi connectivity index (χ0) is 18.7. The number of nitrogens with two attached hydrogens (primary N) is 1. The number of aromatic amines is 1. The molecule has 0 fully saturated rings. The van der Waals surface area contributed by atoms with E-state index in [1.165, 1.54) is 31.3 Å². The van der Waals surface area contributed by atoms with Gasteiger partial charge in [-0.15, -0.1) is 0 Å². The second kappa shape index (κ2) is 7.70. The molecule has 3 rings (SSSR count). The first-order valence-corrected chi connectivity index (χ1v) is 8.78. The predicted octanol–water partition coefficient (Wildman–Crippen LogP) is 1.90. The van der Waals surface area contributed by atoms with Gasteiger partial charge in [-0.1, -0.05) is 30.3 Å². The minimum atomic E-state index is -0.468. The number of halogens is 1. The van der Waals surface area contributed by atoms with Crippen LogP contribution >= 0.6 is 23.4 Å². The van der Waals surface area contributed by atoms with E-state index >= 15 is 0 Å². The Bertz CT molecular complexity index is 950. The summed E-state index contributed by atoms with van der Waals surface area (Å²) < 4.78 is 5.02. The molecule has 0 saturated carbocycles. The smallest absolute Gasteiger partial charge is 0.240 e. The van der Waals surface area contributed by atoms with Crippen molar-refractivity contribution in [2.45, 2.75) is 23.6 Å². The van der Waals surface area contributed by atoms with Crippen molar-refractivity contribution in [1.82, 2.24) is 29.9 Å². The number of amides is 1. The molecule has 0 aromatic carbocycles. The summed E-state index contributed by atoms with van der Waals surface area (Å²) in [5.41, 5.74) is 6.77. The Morgan fingerprint density at radius 2 is 2.23 bits per heavy atom. The number of hydrogen-bond donors (Lipinski definition) is 3. The summed E-state index contributed by atoms with van der Waals surface area (Å²) in [5, 5.41) is 2.87. The molecule has 10 nitrogen and oxygen atoms in total. The lowest BCUT2D eigenvalue weighted by atomic mass is 10.3. The number of thioether (sulfide) groups is 1. The van der Waals surface area contributed by atoms with Gasteiger partial charge in [0.1, 0.15) is 15.7 Å². The number of imidazole rings is 1. The van der Waals surface area contributed by atoms with Crippen molar-refractivity contribution in [1.29, 1.82) is 0 Å². The van der Waals surface area contributed by atoms with Gasteiger partial charge in [-0.3, -0.25) is 10.1 Å². The van der Waals surface area contributed by atoms with Gasteiger partial charge in [0.25, 0.3) is 0 Å². The number of methoxy groups -OCH3 is 1. The number of nitrogens with zero attached hydrogens (tertiary/aromatic N) is 5. The Morgan fingerprint density at radius 3 is 2.96 bits per heavy atom. The zero-order valence-corrected chi connectivity index (χ0v) is 15.4. The van der Waals surface area contributed by atoms with Gasteiger partial charge in [-0.05, 0) is 6.42 Å². The van der Waals surface area contributed by atoms with Crippen LogP contribution in [-0.4, -0.2) is 48.2 Å². The number of ether oxygens (including phenoxy) is 1. The zero-order valence-electron chi connectivity index (χ0n) is 13.9. The lowest BCUT2D eigenvalue weighted by Crippen LogP contribution is -2.26. The molecule has 0 aliphatic heterocycles. The fourth-order valence-corrected chi connectivity index (χ4v) is 3.30. The molecule has 12 heteroatoms. The van der Waals surface area contributed by atoms with Crippen LogP contribution in [0.4, 0.5) is 11.9 Å². The highest BCUT2D eigenvalue weighted by Gasteiger charge is 2.22. The summed E-state index contributed by atoms with van der Waals surface area (Å²) in [6, 6.07) is 1.45. The largest absolute Gasteiger partial charge is 0.481 e. The van der Waals surface area contributed by atoms with Crippen LogP contribution in [0.1, 0.15) is 13.3 Å². The van der Waals surface area contributed by atoms with Gasteiger partial charge in [0.15, 0.2) is 5.65 Å². The predicted molar refractivity (Wildman–Crippen MR) is 98.3 cm³/mol. The van der Waals surface area contributed by atoms with Gasteiger partial charge in [0.2, 0.25) is 23.7 Å². The quantitative estimate of drug-likeness (QED) is 0.421. The fraction of sp³-hybridized carbons (Fsp3) is 0.286. The normalized spacial score (nSPS) is 12.1. The maximum absolute atomic E-state index is 12.6. The summed E-state index contributed by atoms with van der Waals surface area (Å²) in [7, 11) is 1.45. The highest BCUT2D eigenvalue weighted by Crippen LogP contribution is 2.29. The number of nitrogen functional groups attached to an aromatic ring is 1. The van der Waals surface area contributed by atoms with Crippen molar-refractivity contribution in [2.75, 3.05) is 18.2 Å². The van der Waals surface area contributed by atoms with Crippen LogP contribution < -0.4 is 15.8 Å². The molecule has 0 aliphatic carbocycles. The highest BCUT2D eigenvalue weighted by molar-refractivity contribution is 8.00. The highest BCUT2D eigenvalue weighted by atomic mass is 35.5. The third kappa shape index (κ3) is 3.94. The molecule has 0 aliphatic rings. The van der Waals surface area contributed by atoms with E-state index in [2.05, 4.69) is 35.2 Å². The van der Waals surface area contributed by atoms with Gasteiger partial charge in [0, 0.05) is 6.07 Å². The molecular formula is C14H15ClN8O2S. The molecule has 136 valence electrons. The maximum Gasteiger partial charge on any atom is 0.240 e. The van der Waals surface area contributed by atoms with E-state index in [0.29, 0.717) is 22.6 Å². The van der Waals surface area contributed by atoms with Gasteiger partial charge >= 0.3 is 0 Å². The van der Waals surface area contributed by atoms with Gasteiger partial charge in [0.05, 0.1) is 18.7 Å². The van der Waals surface area contributed by atoms with Crippen molar-refractivity contribution in [3.63, 3.8) is 0 Å². The molecule has 3 aromatic heterocycles. The summed E-state index contributed by atoms with van der Waals surface area (Å²) in [4.78, 5) is 35.9. The van der Waals surface area contributed by atoms with Crippen LogP contribution in [0.15, 0.2) is 17.4 Å². The Kier molecular flexibility index (Phi) is 5.38. The minimum absolute atomic E-state index is 0.0623. The minimum Gasteiger partial charge on any atom is -0.481 e. The number of H-pyrrole nitrogens is 1. The van der Waals surface area contributed by atoms with Crippen molar-refractivity contribution < 1.29 is 9.53 Å². The van der Waals surface area contributed by atoms with Crippen molar-refractivity contribution >= 4 is 52.3 Å². The Morgan fingerprint density at radius 1 is 1.42 bits per heavy atom. The average Bonchev–Trinajstić information content (AvgIpc) is 3.07. The molecule has 0 bridgehead atoms. The van der Waals surface area contributed by atoms with E-state index in [4.69, 9.17) is 22.1 Å². The number of hydrogen-bond acceptors (Lipinski definition) is 9. The number of carbonyl (C=O) groups excluding carboxylic acids is 1. The molecule has 26 heavy (non-hydrogen) atoms. The fourth-order valence-electron chi connectivity index (χ4n) is 2.11. The third-order valence-corrected chi connectivity index (χ3v) is 4.85. The van der Waals surface area contributed by atoms with E-state index in [-0.39, 0.29) is 28.8 Å². The molecule has 0 saturated heterocycles. The van der Waals surface area contributed by atoms with Crippen LogP contribution in [0.3, 0.4) is 0 Å². The number of fused-ring (bicyclic) bond motifs is 1. The first kappa shape index (κ1) is 18.1. The summed E-state index contributed by atoms with van der Waals surface area (Å²) >= 11 is 7.14. The number of nitrogens with one attached hydrogen (secondary N) is 2. The SMILES string of the molecule is CC[C@@H](Sc1nc(N)nc2nc[nH]c12)C(=O)Nc1nc(Cl)cc(OC)n1. The Labute approximate surface area is 157 Å². The standard InChI is InChI=1S/C14H15ClN8O2S/c1-3-6(11(24)22-14-19-7(15)4-8(20-14)25-2)26-12-9-10(18-5-17-9)21-13(16)23-12/h4-6H,3H2,1-2H3,(H,19,20,22,24)(H3,16,17,18,21,23)/t6-/m1/s1. The number of aromatic nitrogens is 6. The van der Waals surface area contributed by atoms with Crippen LogP contribution in [0.25, 0.3) is 11.2 Å². The molecule has 3 aromatic rings. The topological polar surface area (TPSA) is 145 Å². The molecular weight excluding hydrogens is 380 g/mol. The second-order valence-electron chi connectivity index (χ2n) is 5.05. The van der Waals surface area contributed by atoms with Gasteiger partial charge < -0.3 is 15.5 Å². The lowest BCUT2D eigenvalue weighted by molar-refractivity contribution is -0.115. The van der Waals surface area contributed by atoms with Crippen LogP contribution in [-0.2, 0) is 4.79 Å². The van der Waals surface area contributed by atoms with Crippen molar-refractivity contribution in [3.05, 3.63) is 17.5 Å². The van der Waals surface area contributed by atoms with E-state index in [0.717, 1.165) is 0 Å². The van der Waals surface area contributed by atoms with Gasteiger partial charge in [-0.2, -0.15) is 9.97 Å². The second-order valence-corrected chi connectivity index (χ2v) is 6.63. The first-order chi connectivity index (χ1) is 12.5. The van der Waals surface area contributed by atoms with Crippen molar-refractivity contribution in [2.24, 2.45) is 0 Å². The lowest BCUT2D eigenvalue weighted by Gasteiger charge is -2.14. The van der Waals surface area contributed by atoms with E-state index in [9.17, 15) is 4.79 Å². The van der Waals surface area contributed by atoms with E-state index in [1.807, 2.05) is 6.92 Å². The summed E-state index contributed by atoms with van der Waals surface area (Å²) in [6.07, 6.45) is 2.03. The molecule has 1 atom stereocenters. The number of rotatable bonds is 6. The maximum atomic E-state index is 12.6. The number of anilines is 2. The Hall–Kier alpha value is -2.66. The van der Waals surface area contributed by atoms with Crippen LogP contribution in [0.2, 0.25) is 5.15 Å². The molecule has 0 spiro atoms. The molecule has 3 heterocycles. The molecule has 0 unspecified atom stereocenters. The van der Waals surface area contributed by atoms with Crippen molar-refractivity contribution in [3.8, 4) is 5.88 Å². The van der Waals surface area contributed by atoms with E-state index in [1.54, 1.807) is 0 Å². The summed E-state index contributed by atoms with van der Waals surface area (Å²) in [5.74, 6) is 0.105. The Balaban J connectivity index is 1.81. The third-order valence-electron chi connectivity index (χ3n) is 3.30. The van der Waals surface area contributed by atoms with Crippen LogP contribution in [0, 0.1) is 0 Å². The molecule has 0 radical (unpaired) electrons. The first-order valence-electron chi connectivity index (χ1n) is 7.52. The monoisotopic (exact) mass is 394 g/mol. The van der Waals surface area contributed by atoms with E-state index < -0.39 is 5.25 Å². The summed E-state index contributed by atoms with van der Waals surface area (Å²) in [6.45, 7) is 1.88. The van der Waals surface area contributed by atoms with Gasteiger partial charge in [-0.25, -0.2) is 15.0 Å². The number of carbonyl (C=O) groups is 1. The molecule has 4 N–H and O–H groups in total. The molecule has 1 amide bonds. The van der Waals surface area contributed by atoms with Crippen LogP contribution in [0.5, 0.6) is 5.88 Å².